The highest BCUT2D eigenvalue weighted by atomic mass is 16.5. The molecular weight excluding hydrogens is 374 g/mol. The third-order valence-electron chi connectivity index (χ3n) is 5.60. The molecule has 0 radical (unpaired) electrons. The monoisotopic (exact) mass is 403 g/mol. The number of fused-ring (bicyclic) bond motifs is 1. The van der Waals surface area contributed by atoms with Gasteiger partial charge >= 0.3 is 0 Å². The molecule has 0 saturated carbocycles. The molecule has 0 unspecified atom stereocenters. The van der Waals surface area contributed by atoms with Crippen LogP contribution in [0.4, 0.5) is 5.82 Å². The van der Waals surface area contributed by atoms with E-state index < -0.39 is 0 Å². The van der Waals surface area contributed by atoms with Crippen molar-refractivity contribution in [2.24, 2.45) is 0 Å². The van der Waals surface area contributed by atoms with Gasteiger partial charge in [0.15, 0.2) is 0 Å². The molecule has 0 fully saturated rings. The molecule has 2 aromatic carbocycles. The van der Waals surface area contributed by atoms with Crippen molar-refractivity contribution in [1.29, 1.82) is 0 Å². The number of nitrogens with zero attached hydrogens (tertiary/aromatic N) is 3. The van der Waals surface area contributed by atoms with Crippen molar-refractivity contribution >= 4 is 16.6 Å². The summed E-state index contributed by atoms with van der Waals surface area (Å²) in [6.45, 7) is 3.00. The van der Waals surface area contributed by atoms with E-state index in [0.717, 1.165) is 48.8 Å². The molecule has 0 saturated heterocycles. The molecule has 1 aliphatic rings. The maximum absolute atomic E-state index is 5.40. The fourth-order valence-electron chi connectivity index (χ4n) is 3.88. The number of methoxy groups -OCH3 is 2. The Hall–Kier alpha value is -3.21. The van der Waals surface area contributed by atoms with E-state index in [-0.39, 0.29) is 0 Å². The summed E-state index contributed by atoms with van der Waals surface area (Å²) in [4.78, 5) is 9.27. The lowest BCUT2D eigenvalue weighted by Crippen LogP contribution is -2.35. The number of ether oxygens (including phenoxy) is 2. The maximum atomic E-state index is 5.40. The lowest BCUT2D eigenvalue weighted by Gasteiger charge is -2.31. The molecule has 0 N–H and O–H groups in total. The zero-order valence-electron chi connectivity index (χ0n) is 17.8. The molecule has 0 atom stereocenters. The number of pyridine rings is 1. The van der Waals surface area contributed by atoms with E-state index in [2.05, 4.69) is 57.5 Å². The first kappa shape index (κ1) is 20.1. The molecule has 30 heavy (non-hydrogen) atoms. The second kappa shape index (κ2) is 9.53. The first-order valence-electron chi connectivity index (χ1n) is 10.5. The largest absolute Gasteiger partial charge is 0.497 e. The Bertz CT molecular complexity index is 1020. The first-order valence-corrected chi connectivity index (χ1v) is 10.5. The van der Waals surface area contributed by atoms with Crippen molar-refractivity contribution in [2.45, 2.75) is 19.3 Å². The molecule has 156 valence electrons. The van der Waals surface area contributed by atoms with Crippen molar-refractivity contribution in [2.75, 3.05) is 38.8 Å². The van der Waals surface area contributed by atoms with Gasteiger partial charge in [-0.25, -0.2) is 4.98 Å². The van der Waals surface area contributed by atoms with Crippen molar-refractivity contribution in [3.8, 4) is 11.5 Å². The van der Waals surface area contributed by atoms with Crippen molar-refractivity contribution < 1.29 is 9.47 Å². The topological polar surface area (TPSA) is 37.8 Å². The van der Waals surface area contributed by atoms with E-state index in [1.54, 1.807) is 14.2 Å². The highest BCUT2D eigenvalue weighted by Gasteiger charge is 2.15. The molecule has 2 heterocycles. The summed E-state index contributed by atoms with van der Waals surface area (Å²) in [7, 11) is 3.42. The number of aromatic nitrogens is 1. The molecule has 3 aromatic rings. The van der Waals surface area contributed by atoms with Gasteiger partial charge in [0.2, 0.25) is 0 Å². The Labute approximate surface area is 178 Å². The smallest absolute Gasteiger partial charge is 0.140 e. The average molecular weight is 404 g/mol. The van der Waals surface area contributed by atoms with Crippen LogP contribution in [0.5, 0.6) is 11.5 Å². The SMILES string of the molecule is COc1cccc(CCCCN2C=CN(c3nccc4ccc(OC)cc34)CC2)c1. The molecule has 0 spiro atoms. The van der Waals surface area contributed by atoms with Crippen LogP contribution in [0.2, 0.25) is 0 Å². The third-order valence-corrected chi connectivity index (χ3v) is 5.60. The fraction of sp³-hybridized carbons (Fsp3) is 0.320. The lowest BCUT2D eigenvalue weighted by molar-refractivity contribution is 0.360. The van der Waals surface area contributed by atoms with Crippen LogP contribution in [0.15, 0.2) is 67.1 Å². The van der Waals surface area contributed by atoms with Gasteiger partial charge in [-0.3, -0.25) is 0 Å². The summed E-state index contributed by atoms with van der Waals surface area (Å²) in [5, 5.41) is 2.29. The zero-order chi connectivity index (χ0) is 20.8. The van der Waals surface area contributed by atoms with Gasteiger partial charge in [0.1, 0.15) is 17.3 Å². The van der Waals surface area contributed by atoms with E-state index >= 15 is 0 Å². The number of benzene rings is 2. The van der Waals surface area contributed by atoms with Gasteiger partial charge < -0.3 is 19.3 Å². The van der Waals surface area contributed by atoms with Gasteiger partial charge in [0, 0.05) is 43.6 Å². The van der Waals surface area contributed by atoms with E-state index in [0.29, 0.717) is 0 Å². The molecular formula is C25H29N3O2. The Morgan fingerprint density at radius 2 is 1.77 bits per heavy atom. The number of hydrogen-bond donors (Lipinski definition) is 0. The quantitative estimate of drug-likeness (QED) is 0.502. The Morgan fingerprint density at radius 3 is 2.57 bits per heavy atom. The number of rotatable bonds is 8. The summed E-state index contributed by atoms with van der Waals surface area (Å²) in [6.07, 6.45) is 9.64. The number of anilines is 1. The average Bonchev–Trinajstić information content (AvgIpc) is 2.81. The molecule has 0 bridgehead atoms. The van der Waals surface area contributed by atoms with E-state index in [4.69, 9.17) is 9.47 Å². The molecule has 5 heteroatoms. The maximum Gasteiger partial charge on any atom is 0.140 e. The number of aryl methyl sites for hydroxylation is 1. The van der Waals surface area contributed by atoms with Crippen LogP contribution in [0, 0.1) is 0 Å². The predicted molar refractivity (Wildman–Crippen MR) is 122 cm³/mol. The Morgan fingerprint density at radius 1 is 0.900 bits per heavy atom. The van der Waals surface area contributed by atoms with Crippen molar-refractivity contribution in [3.63, 3.8) is 0 Å². The van der Waals surface area contributed by atoms with Crippen LogP contribution in [0.1, 0.15) is 18.4 Å². The minimum atomic E-state index is 0.857. The summed E-state index contributed by atoms with van der Waals surface area (Å²) in [6, 6.07) is 16.5. The number of unbranched alkanes of at least 4 members (excludes halogenated alkanes) is 1. The number of hydrogen-bond acceptors (Lipinski definition) is 5. The molecule has 0 amide bonds. The first-order chi connectivity index (χ1) is 14.8. The van der Waals surface area contributed by atoms with Gasteiger partial charge in [-0.2, -0.15) is 0 Å². The summed E-state index contributed by atoms with van der Waals surface area (Å²) in [5.41, 5.74) is 1.34. The van der Waals surface area contributed by atoms with Crippen molar-refractivity contribution in [1.82, 2.24) is 9.88 Å². The minimum absolute atomic E-state index is 0.857. The summed E-state index contributed by atoms with van der Waals surface area (Å²) < 4.78 is 10.7. The standard InChI is InChI=1S/C25H29N3O2/c1-29-22-8-5-7-20(18-22)6-3-4-13-27-14-16-28(17-15-27)25-24-19-23(30-2)10-9-21(24)11-12-26-25/h5,7-12,14,16,18-19H,3-4,6,13,15,17H2,1-2H3. The minimum Gasteiger partial charge on any atom is -0.497 e. The highest BCUT2D eigenvalue weighted by molar-refractivity contribution is 5.93. The summed E-state index contributed by atoms with van der Waals surface area (Å²) in [5.74, 6) is 2.78. The third kappa shape index (κ3) is 4.67. The Kier molecular flexibility index (Phi) is 6.38. The van der Waals surface area contributed by atoms with E-state index in [1.165, 1.54) is 23.8 Å². The van der Waals surface area contributed by atoms with Gasteiger partial charge in [-0.05, 0) is 60.5 Å². The van der Waals surface area contributed by atoms with Gasteiger partial charge in [0.05, 0.1) is 14.2 Å². The molecule has 1 aliphatic heterocycles. The van der Waals surface area contributed by atoms with Crippen LogP contribution in [-0.4, -0.2) is 43.7 Å². The van der Waals surface area contributed by atoms with E-state index in [1.807, 2.05) is 24.4 Å². The Balaban J connectivity index is 1.33. The molecule has 1 aromatic heterocycles. The molecule has 5 nitrogen and oxygen atoms in total. The van der Waals surface area contributed by atoms with E-state index in [9.17, 15) is 0 Å². The predicted octanol–water partition coefficient (Wildman–Crippen LogP) is 4.87. The second-order valence-corrected chi connectivity index (χ2v) is 7.56. The normalized spacial score (nSPS) is 13.7. The van der Waals surface area contributed by atoms with Crippen LogP contribution in [0.3, 0.4) is 0 Å². The summed E-state index contributed by atoms with van der Waals surface area (Å²) >= 11 is 0. The second-order valence-electron chi connectivity index (χ2n) is 7.56. The van der Waals surface area contributed by atoms with Crippen LogP contribution in [-0.2, 0) is 6.42 Å². The fourth-order valence-corrected chi connectivity index (χ4v) is 3.88. The van der Waals surface area contributed by atoms with Gasteiger partial charge in [-0.15, -0.1) is 0 Å². The molecule has 0 aliphatic carbocycles. The van der Waals surface area contributed by atoms with Crippen molar-refractivity contribution in [3.05, 3.63) is 72.7 Å². The highest BCUT2D eigenvalue weighted by Crippen LogP contribution is 2.29. The van der Waals surface area contributed by atoms with Crippen LogP contribution >= 0.6 is 0 Å². The lowest BCUT2D eigenvalue weighted by atomic mass is 10.1. The molecule has 4 rings (SSSR count). The van der Waals surface area contributed by atoms with Crippen LogP contribution < -0.4 is 14.4 Å². The van der Waals surface area contributed by atoms with Gasteiger partial charge in [-0.1, -0.05) is 18.2 Å². The van der Waals surface area contributed by atoms with Crippen LogP contribution in [0.25, 0.3) is 10.8 Å². The van der Waals surface area contributed by atoms with Gasteiger partial charge in [0.25, 0.3) is 0 Å². The zero-order valence-corrected chi connectivity index (χ0v) is 17.8.